The second kappa shape index (κ2) is 11.8. The molecule has 0 rings (SSSR count). The average Bonchev–Trinajstić information content (AvgIpc) is 2.35. The fraction of sp³-hybridized carbons (Fsp3) is 1.00. The second-order valence-electron chi connectivity index (χ2n) is 4.87. The van der Waals surface area contributed by atoms with E-state index in [4.69, 9.17) is 19.0 Å². The van der Waals surface area contributed by atoms with Crippen LogP contribution in [0.15, 0.2) is 0 Å². The Morgan fingerprint density at radius 2 is 1.63 bits per heavy atom. The highest BCUT2D eigenvalue weighted by atomic mass is 28.4. The van der Waals surface area contributed by atoms with Crippen LogP contribution in [0.1, 0.15) is 59.8 Å². The third-order valence-corrected chi connectivity index (χ3v) is 6.20. The van der Waals surface area contributed by atoms with Crippen molar-refractivity contribution in [3.63, 3.8) is 0 Å². The molecule has 0 bridgehead atoms. The van der Waals surface area contributed by atoms with Crippen LogP contribution in [0.25, 0.3) is 0 Å². The Labute approximate surface area is 120 Å². The van der Waals surface area contributed by atoms with E-state index in [0.717, 1.165) is 18.9 Å². The van der Waals surface area contributed by atoms with Gasteiger partial charge in [0.25, 0.3) is 0 Å². The standard InChI is InChI=1S/C14H33NO3Si/c1-5-8-9-10-13-19(16-6-2,17-7-3)18-14(4)11-12-15/h14H,5-13,15H2,1-4H3. The molecular weight excluding hydrogens is 258 g/mol. The molecular formula is C14H33NO3Si. The third kappa shape index (κ3) is 8.76. The van der Waals surface area contributed by atoms with Crippen molar-refractivity contribution in [1.29, 1.82) is 0 Å². The van der Waals surface area contributed by atoms with Crippen LogP contribution in [0.3, 0.4) is 0 Å². The first-order valence-electron chi connectivity index (χ1n) is 7.79. The molecule has 0 aliphatic carbocycles. The number of unbranched alkanes of at least 4 members (excludes halogenated alkanes) is 3. The molecule has 0 saturated carbocycles. The highest BCUT2D eigenvalue weighted by Crippen LogP contribution is 2.22. The molecule has 116 valence electrons. The van der Waals surface area contributed by atoms with E-state index in [1.54, 1.807) is 0 Å². The van der Waals surface area contributed by atoms with Crippen LogP contribution in [-0.4, -0.2) is 34.7 Å². The molecule has 2 N–H and O–H groups in total. The van der Waals surface area contributed by atoms with Crippen molar-refractivity contribution in [2.24, 2.45) is 5.73 Å². The monoisotopic (exact) mass is 291 g/mol. The molecule has 0 amide bonds. The first-order valence-corrected chi connectivity index (χ1v) is 9.73. The lowest BCUT2D eigenvalue weighted by Crippen LogP contribution is -2.48. The van der Waals surface area contributed by atoms with Crippen LogP contribution in [-0.2, 0) is 13.3 Å². The van der Waals surface area contributed by atoms with Gasteiger partial charge in [-0.1, -0.05) is 26.2 Å². The molecule has 0 saturated heterocycles. The lowest BCUT2D eigenvalue weighted by molar-refractivity contribution is 0.0359. The molecule has 0 aliphatic rings. The maximum atomic E-state index is 6.15. The number of rotatable bonds is 13. The van der Waals surface area contributed by atoms with E-state index in [0.29, 0.717) is 19.8 Å². The summed E-state index contributed by atoms with van der Waals surface area (Å²) in [7, 11) is -2.50. The molecule has 1 atom stereocenters. The number of hydrogen-bond acceptors (Lipinski definition) is 4. The predicted molar refractivity (Wildman–Crippen MR) is 82.2 cm³/mol. The van der Waals surface area contributed by atoms with Crippen molar-refractivity contribution in [3.8, 4) is 0 Å². The zero-order valence-electron chi connectivity index (χ0n) is 13.2. The van der Waals surface area contributed by atoms with Crippen molar-refractivity contribution >= 4 is 8.80 Å². The maximum absolute atomic E-state index is 6.15. The smallest absolute Gasteiger partial charge is 0.374 e. The second-order valence-corrected chi connectivity index (χ2v) is 7.54. The van der Waals surface area contributed by atoms with E-state index >= 15 is 0 Å². The molecule has 0 aromatic heterocycles. The maximum Gasteiger partial charge on any atom is 0.501 e. The van der Waals surface area contributed by atoms with Crippen molar-refractivity contribution in [2.45, 2.75) is 71.9 Å². The molecule has 1 unspecified atom stereocenters. The summed E-state index contributed by atoms with van der Waals surface area (Å²) in [5.74, 6) is 0. The Morgan fingerprint density at radius 1 is 1.00 bits per heavy atom. The summed E-state index contributed by atoms with van der Waals surface area (Å²) in [5.41, 5.74) is 5.59. The molecule has 0 aromatic carbocycles. The van der Waals surface area contributed by atoms with E-state index in [2.05, 4.69) is 13.8 Å². The lowest BCUT2D eigenvalue weighted by Gasteiger charge is -2.31. The average molecular weight is 292 g/mol. The number of hydrogen-bond donors (Lipinski definition) is 1. The van der Waals surface area contributed by atoms with Crippen molar-refractivity contribution in [1.82, 2.24) is 0 Å². The Kier molecular flexibility index (Phi) is 11.9. The van der Waals surface area contributed by atoms with Gasteiger partial charge in [-0.15, -0.1) is 0 Å². The van der Waals surface area contributed by atoms with Gasteiger partial charge < -0.3 is 19.0 Å². The molecule has 0 aromatic rings. The Bertz CT molecular complexity index is 199. The molecule has 5 heteroatoms. The minimum atomic E-state index is -2.50. The zero-order valence-corrected chi connectivity index (χ0v) is 14.2. The topological polar surface area (TPSA) is 53.7 Å². The van der Waals surface area contributed by atoms with Crippen LogP contribution in [0.5, 0.6) is 0 Å². The van der Waals surface area contributed by atoms with Gasteiger partial charge >= 0.3 is 8.80 Å². The first kappa shape index (κ1) is 19.1. The van der Waals surface area contributed by atoms with Crippen molar-refractivity contribution in [3.05, 3.63) is 0 Å². The van der Waals surface area contributed by atoms with Gasteiger partial charge in [-0.2, -0.15) is 0 Å². The van der Waals surface area contributed by atoms with Gasteiger partial charge in [-0.25, -0.2) is 0 Å². The van der Waals surface area contributed by atoms with E-state index < -0.39 is 8.80 Å². The quantitative estimate of drug-likeness (QED) is 0.418. The molecule has 4 nitrogen and oxygen atoms in total. The summed E-state index contributed by atoms with van der Waals surface area (Å²) < 4.78 is 18.0. The van der Waals surface area contributed by atoms with Gasteiger partial charge in [0.05, 0.1) is 0 Å². The normalized spacial score (nSPS) is 13.7. The minimum absolute atomic E-state index is 0.112. The van der Waals surface area contributed by atoms with Crippen LogP contribution in [0.4, 0.5) is 0 Å². The van der Waals surface area contributed by atoms with Crippen LogP contribution < -0.4 is 5.73 Å². The highest BCUT2D eigenvalue weighted by Gasteiger charge is 2.41. The molecule has 0 spiro atoms. The lowest BCUT2D eigenvalue weighted by atomic mass is 10.2. The molecule has 19 heavy (non-hydrogen) atoms. The summed E-state index contributed by atoms with van der Waals surface area (Å²) in [6, 6.07) is 0.920. The summed E-state index contributed by atoms with van der Waals surface area (Å²) >= 11 is 0. The minimum Gasteiger partial charge on any atom is -0.374 e. The zero-order chi connectivity index (χ0) is 14.6. The van der Waals surface area contributed by atoms with Gasteiger partial charge in [0.1, 0.15) is 0 Å². The summed E-state index contributed by atoms with van der Waals surface area (Å²) in [6.07, 6.45) is 5.81. The van der Waals surface area contributed by atoms with Crippen molar-refractivity contribution in [2.75, 3.05) is 19.8 Å². The fourth-order valence-corrected chi connectivity index (χ4v) is 5.04. The summed E-state index contributed by atoms with van der Waals surface area (Å²) in [5, 5.41) is 0. The SMILES string of the molecule is CCCCCC[Si](OCC)(OCC)OC(C)CCN. The van der Waals surface area contributed by atoms with Gasteiger partial charge in [0.15, 0.2) is 0 Å². The third-order valence-electron chi connectivity index (χ3n) is 3.02. The van der Waals surface area contributed by atoms with E-state index in [9.17, 15) is 0 Å². The predicted octanol–water partition coefficient (Wildman–Crippen LogP) is 3.33. The Balaban J connectivity index is 4.46. The molecule has 0 aliphatic heterocycles. The van der Waals surface area contributed by atoms with Crippen LogP contribution >= 0.6 is 0 Å². The highest BCUT2D eigenvalue weighted by molar-refractivity contribution is 6.60. The first-order chi connectivity index (χ1) is 9.14. The van der Waals surface area contributed by atoms with E-state index in [1.165, 1.54) is 19.3 Å². The fourth-order valence-electron chi connectivity index (χ4n) is 2.12. The van der Waals surface area contributed by atoms with Gasteiger partial charge in [0.2, 0.25) is 0 Å². The van der Waals surface area contributed by atoms with Crippen molar-refractivity contribution < 1.29 is 13.3 Å². The molecule has 0 radical (unpaired) electrons. The van der Waals surface area contributed by atoms with Gasteiger partial charge in [-0.05, 0) is 40.2 Å². The van der Waals surface area contributed by atoms with E-state index in [1.807, 2.05) is 13.8 Å². The molecule has 0 fully saturated rings. The van der Waals surface area contributed by atoms with Gasteiger partial charge in [-0.3, -0.25) is 0 Å². The summed E-state index contributed by atoms with van der Waals surface area (Å²) in [6.45, 7) is 10.2. The van der Waals surface area contributed by atoms with E-state index in [-0.39, 0.29) is 6.10 Å². The van der Waals surface area contributed by atoms with Crippen LogP contribution in [0.2, 0.25) is 6.04 Å². The molecule has 0 heterocycles. The summed E-state index contributed by atoms with van der Waals surface area (Å²) in [4.78, 5) is 0. The largest absolute Gasteiger partial charge is 0.501 e. The Hall–Kier alpha value is 0.0569. The van der Waals surface area contributed by atoms with Gasteiger partial charge in [0, 0.05) is 25.4 Å². The van der Waals surface area contributed by atoms with Crippen LogP contribution in [0, 0.1) is 0 Å². The number of nitrogens with two attached hydrogens (primary N) is 1. The Morgan fingerprint density at radius 3 is 2.11 bits per heavy atom.